The van der Waals surface area contributed by atoms with Gasteiger partial charge in [0.2, 0.25) is 0 Å². The average molecular weight is 229 g/mol. The van der Waals surface area contributed by atoms with E-state index >= 15 is 0 Å². The van der Waals surface area contributed by atoms with Crippen LogP contribution in [0.15, 0.2) is 18.2 Å². The van der Waals surface area contributed by atoms with Gasteiger partial charge in [-0.25, -0.2) is 8.78 Å². The molecule has 0 heterocycles. The number of benzene rings is 1. The molecule has 0 aliphatic heterocycles. The van der Waals surface area contributed by atoms with E-state index in [1.807, 2.05) is 0 Å². The van der Waals surface area contributed by atoms with Crippen LogP contribution in [-0.2, 0) is 6.42 Å². The Kier molecular flexibility index (Phi) is 4.38. The first-order valence-corrected chi connectivity index (χ1v) is 5.25. The molecule has 4 heteroatoms. The van der Waals surface area contributed by atoms with E-state index in [1.54, 1.807) is 13.8 Å². The van der Waals surface area contributed by atoms with Crippen LogP contribution in [-0.4, -0.2) is 23.8 Å². The molecule has 2 nitrogen and oxygen atoms in total. The fourth-order valence-corrected chi connectivity index (χ4v) is 1.34. The highest BCUT2D eigenvalue weighted by Crippen LogP contribution is 2.09. The predicted octanol–water partition coefficient (Wildman–Crippen LogP) is 1.87. The summed E-state index contributed by atoms with van der Waals surface area (Å²) in [5, 5.41) is 12.4. The Morgan fingerprint density at radius 3 is 2.56 bits per heavy atom. The SMILES string of the molecule is CC(C)(O)CNCCc1ccc(F)cc1F. The lowest BCUT2D eigenvalue weighted by molar-refractivity contribution is 0.0801. The summed E-state index contributed by atoms with van der Waals surface area (Å²) in [6, 6.07) is 3.57. The summed E-state index contributed by atoms with van der Waals surface area (Å²) in [7, 11) is 0. The summed E-state index contributed by atoms with van der Waals surface area (Å²) in [6.07, 6.45) is 0.474. The predicted molar refractivity (Wildman–Crippen MR) is 59.2 cm³/mol. The van der Waals surface area contributed by atoms with Gasteiger partial charge in [0.05, 0.1) is 5.60 Å². The number of nitrogens with one attached hydrogen (secondary N) is 1. The van der Waals surface area contributed by atoms with Crippen LogP contribution in [0.1, 0.15) is 19.4 Å². The third-order valence-electron chi connectivity index (χ3n) is 2.14. The van der Waals surface area contributed by atoms with Gasteiger partial charge in [0.1, 0.15) is 11.6 Å². The van der Waals surface area contributed by atoms with Gasteiger partial charge < -0.3 is 10.4 Å². The van der Waals surface area contributed by atoms with Gasteiger partial charge in [-0.1, -0.05) is 6.07 Å². The van der Waals surface area contributed by atoms with Crippen LogP contribution >= 0.6 is 0 Å². The number of halogens is 2. The van der Waals surface area contributed by atoms with Crippen molar-refractivity contribution in [2.45, 2.75) is 25.9 Å². The lowest BCUT2D eigenvalue weighted by Gasteiger charge is -2.17. The Balaban J connectivity index is 2.38. The molecule has 0 aliphatic carbocycles. The Morgan fingerprint density at radius 1 is 1.31 bits per heavy atom. The summed E-state index contributed by atoms with van der Waals surface area (Å²) < 4.78 is 25.8. The van der Waals surface area contributed by atoms with E-state index in [9.17, 15) is 13.9 Å². The summed E-state index contributed by atoms with van der Waals surface area (Å²) in [5.41, 5.74) is -0.300. The number of hydrogen-bond donors (Lipinski definition) is 2. The molecule has 90 valence electrons. The molecule has 0 amide bonds. The van der Waals surface area contributed by atoms with Crippen LogP contribution < -0.4 is 5.32 Å². The quantitative estimate of drug-likeness (QED) is 0.755. The van der Waals surface area contributed by atoms with E-state index in [-0.39, 0.29) is 0 Å². The van der Waals surface area contributed by atoms with E-state index in [0.29, 0.717) is 25.1 Å². The molecule has 1 aromatic rings. The van der Waals surface area contributed by atoms with Crippen molar-refractivity contribution in [2.24, 2.45) is 0 Å². The van der Waals surface area contributed by atoms with Gasteiger partial charge >= 0.3 is 0 Å². The third-order valence-corrected chi connectivity index (χ3v) is 2.14. The second-order valence-electron chi connectivity index (χ2n) is 4.47. The zero-order valence-electron chi connectivity index (χ0n) is 9.56. The second-order valence-corrected chi connectivity index (χ2v) is 4.47. The van der Waals surface area contributed by atoms with Crippen LogP contribution in [0.2, 0.25) is 0 Å². The molecule has 1 aromatic carbocycles. The molecule has 0 saturated carbocycles. The first-order valence-electron chi connectivity index (χ1n) is 5.25. The van der Waals surface area contributed by atoms with Crippen molar-refractivity contribution in [1.29, 1.82) is 0 Å². The molecule has 2 N–H and O–H groups in total. The highest BCUT2D eigenvalue weighted by molar-refractivity contribution is 5.18. The zero-order chi connectivity index (χ0) is 12.2. The Hall–Kier alpha value is -1.00. The van der Waals surface area contributed by atoms with Gasteiger partial charge in [-0.2, -0.15) is 0 Å². The number of aliphatic hydroxyl groups is 1. The summed E-state index contributed by atoms with van der Waals surface area (Å²) in [4.78, 5) is 0. The number of rotatable bonds is 5. The van der Waals surface area contributed by atoms with Crippen LogP contribution in [0, 0.1) is 11.6 Å². The highest BCUT2D eigenvalue weighted by Gasteiger charge is 2.11. The molecular formula is C12H17F2NO. The minimum atomic E-state index is -0.776. The van der Waals surface area contributed by atoms with E-state index in [0.717, 1.165) is 6.07 Å². The monoisotopic (exact) mass is 229 g/mol. The van der Waals surface area contributed by atoms with Gasteiger partial charge in [-0.15, -0.1) is 0 Å². The maximum absolute atomic E-state index is 13.2. The first kappa shape index (κ1) is 13.1. The van der Waals surface area contributed by atoms with E-state index in [4.69, 9.17) is 0 Å². The van der Waals surface area contributed by atoms with Crippen molar-refractivity contribution in [1.82, 2.24) is 5.32 Å². The van der Waals surface area contributed by atoms with Gasteiger partial charge in [-0.05, 0) is 38.4 Å². The first-order chi connectivity index (χ1) is 7.38. The van der Waals surface area contributed by atoms with Crippen molar-refractivity contribution in [3.63, 3.8) is 0 Å². The molecule has 0 saturated heterocycles. The Bertz CT molecular complexity index is 347. The van der Waals surface area contributed by atoms with E-state index in [2.05, 4.69) is 5.32 Å². The summed E-state index contributed by atoms with van der Waals surface area (Å²) in [5.74, 6) is -1.09. The average Bonchev–Trinajstić information content (AvgIpc) is 2.13. The Labute approximate surface area is 94.3 Å². The summed E-state index contributed by atoms with van der Waals surface area (Å²) >= 11 is 0. The van der Waals surface area contributed by atoms with Crippen LogP contribution in [0.25, 0.3) is 0 Å². The van der Waals surface area contributed by atoms with Gasteiger partial charge in [0.25, 0.3) is 0 Å². The lowest BCUT2D eigenvalue weighted by atomic mass is 10.1. The standard InChI is InChI=1S/C12H17F2NO/c1-12(2,16)8-15-6-5-9-3-4-10(13)7-11(9)14/h3-4,7,15-16H,5-6,8H2,1-2H3. The molecule has 0 fully saturated rings. The fraction of sp³-hybridized carbons (Fsp3) is 0.500. The topological polar surface area (TPSA) is 32.3 Å². The fourth-order valence-electron chi connectivity index (χ4n) is 1.34. The molecule has 0 aromatic heterocycles. The maximum Gasteiger partial charge on any atom is 0.129 e. The Morgan fingerprint density at radius 2 is 2.00 bits per heavy atom. The molecule has 0 radical (unpaired) electrons. The zero-order valence-corrected chi connectivity index (χ0v) is 9.56. The molecule has 1 rings (SSSR count). The molecule has 0 spiro atoms. The van der Waals surface area contributed by atoms with Crippen molar-refractivity contribution < 1.29 is 13.9 Å². The van der Waals surface area contributed by atoms with E-state index in [1.165, 1.54) is 12.1 Å². The molecule has 0 unspecified atom stereocenters. The van der Waals surface area contributed by atoms with Crippen LogP contribution in [0.4, 0.5) is 8.78 Å². The lowest BCUT2D eigenvalue weighted by Crippen LogP contribution is -2.35. The molecule has 0 atom stereocenters. The third kappa shape index (κ3) is 4.68. The van der Waals surface area contributed by atoms with Crippen molar-refractivity contribution in [3.05, 3.63) is 35.4 Å². The number of hydrogen-bond acceptors (Lipinski definition) is 2. The van der Waals surface area contributed by atoms with Crippen molar-refractivity contribution in [2.75, 3.05) is 13.1 Å². The maximum atomic E-state index is 13.2. The van der Waals surface area contributed by atoms with Gasteiger partial charge in [0.15, 0.2) is 0 Å². The molecule has 0 bridgehead atoms. The highest BCUT2D eigenvalue weighted by atomic mass is 19.1. The molecule has 0 aliphatic rings. The minimum absolute atomic E-state index is 0.440. The minimum Gasteiger partial charge on any atom is -0.389 e. The largest absolute Gasteiger partial charge is 0.389 e. The van der Waals surface area contributed by atoms with Gasteiger partial charge in [0, 0.05) is 12.6 Å². The summed E-state index contributed by atoms with van der Waals surface area (Å²) in [6.45, 7) is 4.37. The smallest absolute Gasteiger partial charge is 0.129 e. The molecule has 16 heavy (non-hydrogen) atoms. The van der Waals surface area contributed by atoms with Crippen LogP contribution in [0.3, 0.4) is 0 Å². The van der Waals surface area contributed by atoms with Gasteiger partial charge in [-0.3, -0.25) is 0 Å². The van der Waals surface area contributed by atoms with Crippen molar-refractivity contribution >= 4 is 0 Å². The van der Waals surface area contributed by atoms with E-state index < -0.39 is 17.2 Å². The second kappa shape index (κ2) is 5.37. The van der Waals surface area contributed by atoms with Crippen LogP contribution in [0.5, 0.6) is 0 Å². The van der Waals surface area contributed by atoms with Crippen molar-refractivity contribution in [3.8, 4) is 0 Å². The normalized spacial score (nSPS) is 11.8. The molecular weight excluding hydrogens is 212 g/mol.